The van der Waals surface area contributed by atoms with Crippen LogP contribution in [0.15, 0.2) is 11.6 Å². The molecule has 1 rings (SSSR count). The van der Waals surface area contributed by atoms with Crippen LogP contribution in [-0.2, 0) is 0 Å². The van der Waals surface area contributed by atoms with Crippen LogP contribution < -0.4 is 0 Å². The van der Waals surface area contributed by atoms with Crippen molar-refractivity contribution >= 4 is 11.8 Å². The fraction of sp³-hybridized carbons (Fsp3) is 0.667. The Hall–Kier alpha value is -0.420. The van der Waals surface area contributed by atoms with Crippen molar-refractivity contribution in [1.29, 1.82) is 5.26 Å². The number of nitriles is 1. The number of hydrogen-bond donors (Lipinski definition) is 0. The van der Waals surface area contributed by atoms with Crippen LogP contribution in [0.2, 0.25) is 0 Å². The van der Waals surface area contributed by atoms with E-state index >= 15 is 0 Å². The lowest BCUT2D eigenvalue weighted by molar-refractivity contribution is 0.414. The predicted molar refractivity (Wildman–Crippen MR) is 49.4 cm³/mol. The molecule has 11 heavy (non-hydrogen) atoms. The van der Waals surface area contributed by atoms with Gasteiger partial charge in [0.2, 0.25) is 0 Å². The second kappa shape index (κ2) is 3.32. The molecule has 1 aliphatic rings. The number of hydrogen-bond acceptors (Lipinski definition) is 2. The molecule has 0 saturated carbocycles. The van der Waals surface area contributed by atoms with Crippen molar-refractivity contribution in [3.63, 3.8) is 0 Å². The first-order valence-corrected chi connectivity index (χ1v) is 4.95. The van der Waals surface area contributed by atoms with E-state index < -0.39 is 0 Å². The lowest BCUT2D eigenvalue weighted by Crippen LogP contribution is -2.21. The van der Waals surface area contributed by atoms with Gasteiger partial charge in [-0.3, -0.25) is 0 Å². The van der Waals surface area contributed by atoms with Gasteiger partial charge in [0, 0.05) is 11.8 Å². The number of thioether (sulfide) groups is 1. The van der Waals surface area contributed by atoms with Crippen LogP contribution in [0.1, 0.15) is 20.3 Å². The molecule has 0 atom stereocenters. The van der Waals surface area contributed by atoms with Crippen LogP contribution in [0.4, 0.5) is 0 Å². The Kier molecular flexibility index (Phi) is 2.62. The Morgan fingerprint density at radius 1 is 1.64 bits per heavy atom. The van der Waals surface area contributed by atoms with Gasteiger partial charge in [-0.05, 0) is 23.2 Å². The van der Waals surface area contributed by atoms with E-state index in [1.165, 1.54) is 11.3 Å². The quantitative estimate of drug-likeness (QED) is 0.518. The summed E-state index contributed by atoms with van der Waals surface area (Å²) in [5.74, 6) is 2.27. The third kappa shape index (κ3) is 2.59. The average Bonchev–Trinajstić information content (AvgIpc) is 1.85. The van der Waals surface area contributed by atoms with Crippen molar-refractivity contribution in [2.75, 3.05) is 11.5 Å². The van der Waals surface area contributed by atoms with E-state index in [2.05, 4.69) is 19.9 Å². The van der Waals surface area contributed by atoms with Gasteiger partial charge in [0.05, 0.1) is 6.07 Å². The summed E-state index contributed by atoms with van der Waals surface area (Å²) in [6.07, 6.45) is 2.79. The smallest absolute Gasteiger partial charge is 0.0911 e. The number of rotatable bonds is 0. The van der Waals surface area contributed by atoms with Gasteiger partial charge in [-0.15, -0.1) is 0 Å². The maximum Gasteiger partial charge on any atom is 0.0911 e. The third-order valence-corrected chi connectivity index (χ3v) is 3.32. The van der Waals surface area contributed by atoms with Gasteiger partial charge in [0.25, 0.3) is 0 Å². The molecule has 0 bridgehead atoms. The molecule has 0 aliphatic carbocycles. The van der Waals surface area contributed by atoms with Crippen molar-refractivity contribution in [1.82, 2.24) is 0 Å². The minimum absolute atomic E-state index is 0.394. The van der Waals surface area contributed by atoms with Gasteiger partial charge in [-0.2, -0.15) is 17.0 Å². The summed E-state index contributed by atoms with van der Waals surface area (Å²) in [5.41, 5.74) is 1.69. The molecule has 1 aliphatic heterocycles. The molecule has 0 N–H and O–H groups in total. The molecule has 0 aromatic carbocycles. The molecule has 0 spiro atoms. The van der Waals surface area contributed by atoms with E-state index in [0.29, 0.717) is 5.41 Å². The molecule has 60 valence electrons. The van der Waals surface area contributed by atoms with Crippen molar-refractivity contribution < 1.29 is 0 Å². The Bertz CT molecular complexity index is 210. The summed E-state index contributed by atoms with van der Waals surface area (Å²) in [6, 6.07) is 2.10. The topological polar surface area (TPSA) is 23.8 Å². The molecule has 1 saturated heterocycles. The third-order valence-electron chi connectivity index (χ3n) is 1.75. The van der Waals surface area contributed by atoms with E-state index in [4.69, 9.17) is 5.26 Å². The van der Waals surface area contributed by atoms with Crippen LogP contribution in [0.3, 0.4) is 0 Å². The molecule has 0 amide bonds. The summed E-state index contributed by atoms with van der Waals surface area (Å²) in [6.45, 7) is 4.51. The number of allylic oxidation sites excluding steroid dienone is 1. The van der Waals surface area contributed by atoms with Crippen LogP contribution >= 0.6 is 11.8 Å². The minimum Gasteiger partial charge on any atom is -0.193 e. The molecule has 1 fully saturated rings. The van der Waals surface area contributed by atoms with E-state index in [1.54, 1.807) is 6.08 Å². The highest BCUT2D eigenvalue weighted by Gasteiger charge is 2.24. The van der Waals surface area contributed by atoms with Gasteiger partial charge in [-0.1, -0.05) is 13.8 Å². The Morgan fingerprint density at radius 2 is 2.36 bits per heavy atom. The summed E-state index contributed by atoms with van der Waals surface area (Å²) >= 11 is 1.93. The lowest BCUT2D eigenvalue weighted by atomic mass is 9.87. The Balaban J connectivity index is 2.62. The molecule has 1 nitrogen and oxygen atoms in total. The number of nitrogens with zero attached hydrogens (tertiary/aromatic N) is 1. The van der Waals surface area contributed by atoms with Crippen molar-refractivity contribution in [2.24, 2.45) is 5.41 Å². The Morgan fingerprint density at radius 3 is 2.91 bits per heavy atom. The summed E-state index contributed by atoms with van der Waals surface area (Å²) in [7, 11) is 0. The first-order chi connectivity index (χ1) is 5.14. The molecule has 0 aromatic rings. The van der Waals surface area contributed by atoms with Gasteiger partial charge < -0.3 is 0 Å². The highest BCUT2D eigenvalue weighted by Crippen LogP contribution is 2.35. The summed E-state index contributed by atoms with van der Waals surface area (Å²) < 4.78 is 0. The molecular formula is C9H13NS. The van der Waals surface area contributed by atoms with Crippen molar-refractivity contribution in [3.8, 4) is 6.07 Å². The molecule has 0 aromatic heterocycles. The van der Waals surface area contributed by atoms with Gasteiger partial charge >= 0.3 is 0 Å². The van der Waals surface area contributed by atoms with Crippen LogP contribution in [-0.4, -0.2) is 11.5 Å². The first kappa shape index (κ1) is 8.67. The fourth-order valence-corrected chi connectivity index (χ4v) is 2.56. The molecule has 0 unspecified atom stereocenters. The van der Waals surface area contributed by atoms with Gasteiger partial charge in [0.15, 0.2) is 0 Å². The lowest BCUT2D eigenvalue weighted by Gasteiger charge is -2.30. The van der Waals surface area contributed by atoms with Gasteiger partial charge in [0.1, 0.15) is 0 Å². The highest BCUT2D eigenvalue weighted by atomic mass is 32.2. The second-order valence-corrected chi connectivity index (χ2v) is 4.75. The molecular weight excluding hydrogens is 154 g/mol. The predicted octanol–water partition coefficient (Wildman–Crippen LogP) is 2.60. The maximum absolute atomic E-state index is 8.45. The average molecular weight is 167 g/mol. The van der Waals surface area contributed by atoms with Crippen LogP contribution in [0, 0.1) is 16.7 Å². The first-order valence-electron chi connectivity index (χ1n) is 3.79. The molecule has 0 radical (unpaired) electrons. The van der Waals surface area contributed by atoms with Crippen molar-refractivity contribution in [3.05, 3.63) is 11.6 Å². The van der Waals surface area contributed by atoms with Gasteiger partial charge in [-0.25, -0.2) is 0 Å². The van der Waals surface area contributed by atoms with E-state index in [-0.39, 0.29) is 0 Å². The standard InChI is InChI=1S/C9H13NS/c1-9(2)5-8(3-4-10)6-11-7-9/h3H,5-7H2,1-2H3. The van der Waals surface area contributed by atoms with E-state index in [1.807, 2.05) is 11.8 Å². The largest absolute Gasteiger partial charge is 0.193 e. The highest BCUT2D eigenvalue weighted by molar-refractivity contribution is 7.99. The molecule has 1 heterocycles. The van der Waals surface area contributed by atoms with Crippen molar-refractivity contribution in [2.45, 2.75) is 20.3 Å². The zero-order chi connectivity index (χ0) is 8.32. The molecule has 2 heteroatoms. The van der Waals surface area contributed by atoms with Crippen LogP contribution in [0.25, 0.3) is 0 Å². The van der Waals surface area contributed by atoms with Crippen LogP contribution in [0.5, 0.6) is 0 Å². The SMILES string of the molecule is CC1(C)CSCC(=CC#N)C1. The fourth-order valence-electron chi connectivity index (χ4n) is 1.36. The zero-order valence-electron chi connectivity index (χ0n) is 7.05. The normalized spacial score (nSPS) is 26.5. The van der Waals surface area contributed by atoms with E-state index in [0.717, 1.165) is 12.2 Å². The maximum atomic E-state index is 8.45. The van der Waals surface area contributed by atoms with E-state index in [9.17, 15) is 0 Å². The summed E-state index contributed by atoms with van der Waals surface area (Å²) in [5, 5.41) is 8.45. The monoisotopic (exact) mass is 167 g/mol. The Labute approximate surface area is 72.5 Å². The minimum atomic E-state index is 0.394. The zero-order valence-corrected chi connectivity index (χ0v) is 7.87. The second-order valence-electron chi connectivity index (χ2n) is 3.77. The summed E-state index contributed by atoms with van der Waals surface area (Å²) in [4.78, 5) is 0.